The molecule has 0 aliphatic rings. The Morgan fingerprint density at radius 3 is 2.47 bits per heavy atom. The summed E-state index contributed by atoms with van der Waals surface area (Å²) in [5.41, 5.74) is -0.0124. The van der Waals surface area contributed by atoms with Crippen molar-refractivity contribution in [3.8, 4) is 0 Å². The van der Waals surface area contributed by atoms with Crippen LogP contribution in [0.4, 0.5) is 0 Å². The van der Waals surface area contributed by atoms with E-state index >= 15 is 0 Å². The van der Waals surface area contributed by atoms with E-state index in [1.54, 1.807) is 4.90 Å². The number of aromatic nitrogens is 4. The Bertz CT molecular complexity index is 352. The van der Waals surface area contributed by atoms with Crippen LogP contribution in [0.15, 0.2) is 0 Å². The molecular weight excluding hydrogens is 218 g/mol. The van der Waals surface area contributed by atoms with E-state index in [9.17, 15) is 4.79 Å². The van der Waals surface area contributed by atoms with Crippen LogP contribution in [0.1, 0.15) is 46.9 Å². The van der Waals surface area contributed by atoms with E-state index in [0.29, 0.717) is 18.8 Å². The summed E-state index contributed by atoms with van der Waals surface area (Å²) in [5, 5.41) is 13.6. The molecule has 1 aromatic heterocycles. The fourth-order valence-electron chi connectivity index (χ4n) is 1.52. The van der Waals surface area contributed by atoms with Crippen molar-refractivity contribution in [3.05, 3.63) is 5.82 Å². The third-order valence-corrected chi connectivity index (χ3v) is 2.33. The Balaban J connectivity index is 2.69. The smallest absolute Gasteiger partial charge is 0.223 e. The molecule has 0 saturated carbocycles. The maximum atomic E-state index is 12.2. The summed E-state index contributed by atoms with van der Waals surface area (Å²) in [6.07, 6.45) is 0.517. The number of hydrogen-bond donors (Lipinski definition) is 1. The molecule has 0 fully saturated rings. The molecule has 1 rings (SSSR count). The molecule has 0 aliphatic carbocycles. The molecule has 0 aliphatic heterocycles. The molecule has 6 heteroatoms. The van der Waals surface area contributed by atoms with Crippen molar-refractivity contribution in [1.29, 1.82) is 0 Å². The second kappa shape index (κ2) is 5.25. The summed E-state index contributed by atoms with van der Waals surface area (Å²) in [6.45, 7) is 10.5. The molecule has 1 heterocycles. The van der Waals surface area contributed by atoms with Crippen LogP contribution in [0.25, 0.3) is 0 Å². The highest BCUT2D eigenvalue weighted by atomic mass is 16.2. The Morgan fingerprint density at radius 2 is 2.06 bits per heavy atom. The van der Waals surface area contributed by atoms with Crippen LogP contribution in [0.3, 0.4) is 0 Å². The normalized spacial score (nSPS) is 11.9. The van der Waals surface area contributed by atoms with E-state index in [1.807, 2.05) is 13.8 Å². The van der Waals surface area contributed by atoms with Crippen LogP contribution in [-0.4, -0.2) is 37.5 Å². The quantitative estimate of drug-likeness (QED) is 0.861. The van der Waals surface area contributed by atoms with Gasteiger partial charge in [0.05, 0.1) is 6.54 Å². The van der Waals surface area contributed by atoms with Gasteiger partial charge in [-0.3, -0.25) is 4.79 Å². The predicted molar refractivity (Wildman–Crippen MR) is 63.9 cm³/mol. The van der Waals surface area contributed by atoms with E-state index in [2.05, 4.69) is 41.4 Å². The predicted octanol–water partition coefficient (Wildman–Crippen LogP) is 1.37. The van der Waals surface area contributed by atoms with Gasteiger partial charge in [-0.25, -0.2) is 0 Å². The summed E-state index contributed by atoms with van der Waals surface area (Å²) in [4.78, 5) is 13.9. The summed E-state index contributed by atoms with van der Waals surface area (Å²) in [7, 11) is 0. The van der Waals surface area contributed by atoms with Gasteiger partial charge in [-0.15, -0.1) is 10.2 Å². The van der Waals surface area contributed by atoms with Crippen LogP contribution in [0.2, 0.25) is 0 Å². The Kier molecular flexibility index (Phi) is 4.20. The number of nitrogens with zero attached hydrogens (tertiary/aromatic N) is 4. The lowest BCUT2D eigenvalue weighted by Gasteiger charge is -2.28. The molecule has 1 amide bonds. The van der Waals surface area contributed by atoms with Crippen molar-refractivity contribution < 1.29 is 4.79 Å². The lowest BCUT2D eigenvalue weighted by molar-refractivity contribution is -0.135. The van der Waals surface area contributed by atoms with E-state index in [4.69, 9.17) is 0 Å². The summed E-state index contributed by atoms with van der Waals surface area (Å²) in [6, 6.07) is 0.128. The van der Waals surface area contributed by atoms with Gasteiger partial charge in [0.1, 0.15) is 0 Å². The summed E-state index contributed by atoms with van der Waals surface area (Å²) in [5.74, 6) is 0.665. The Hall–Kier alpha value is -1.46. The number of H-pyrrole nitrogens is 1. The van der Waals surface area contributed by atoms with Crippen LogP contribution in [0.5, 0.6) is 0 Å². The fraction of sp³-hybridized carbons (Fsp3) is 0.818. The van der Waals surface area contributed by atoms with E-state index in [1.165, 1.54) is 0 Å². The van der Waals surface area contributed by atoms with Crippen LogP contribution < -0.4 is 0 Å². The summed E-state index contributed by atoms with van der Waals surface area (Å²) >= 11 is 0. The second-order valence-corrected chi connectivity index (χ2v) is 5.68. The third kappa shape index (κ3) is 4.50. The molecule has 96 valence electrons. The number of hydrogen-bond acceptors (Lipinski definition) is 4. The van der Waals surface area contributed by atoms with Crippen molar-refractivity contribution in [2.75, 3.05) is 0 Å². The van der Waals surface area contributed by atoms with Gasteiger partial charge in [-0.2, -0.15) is 5.21 Å². The van der Waals surface area contributed by atoms with Gasteiger partial charge in [0, 0.05) is 12.5 Å². The Labute approximate surface area is 102 Å². The monoisotopic (exact) mass is 239 g/mol. The van der Waals surface area contributed by atoms with Gasteiger partial charge in [-0.1, -0.05) is 26.0 Å². The molecule has 17 heavy (non-hydrogen) atoms. The van der Waals surface area contributed by atoms with Crippen LogP contribution in [-0.2, 0) is 11.3 Å². The standard InChI is InChI=1S/C11H21N5O/c1-8(2)16(7-9-12-14-15-13-9)10(17)6-11(3,4)5/h8H,6-7H2,1-5H3,(H,12,13,14,15). The number of aromatic amines is 1. The molecule has 0 bridgehead atoms. The largest absolute Gasteiger partial charge is 0.333 e. The molecule has 6 nitrogen and oxygen atoms in total. The van der Waals surface area contributed by atoms with Crippen LogP contribution in [0, 0.1) is 5.41 Å². The first kappa shape index (κ1) is 13.6. The highest BCUT2D eigenvalue weighted by Crippen LogP contribution is 2.21. The van der Waals surface area contributed by atoms with Crippen molar-refractivity contribution >= 4 is 5.91 Å². The third-order valence-electron chi connectivity index (χ3n) is 2.33. The van der Waals surface area contributed by atoms with Crippen LogP contribution >= 0.6 is 0 Å². The number of carbonyl (C=O) groups is 1. The molecule has 0 spiro atoms. The average molecular weight is 239 g/mol. The van der Waals surface area contributed by atoms with Gasteiger partial charge < -0.3 is 4.90 Å². The average Bonchev–Trinajstić information content (AvgIpc) is 2.62. The first-order valence-electron chi connectivity index (χ1n) is 5.81. The van der Waals surface area contributed by atoms with Gasteiger partial charge in [0.25, 0.3) is 0 Å². The van der Waals surface area contributed by atoms with E-state index < -0.39 is 0 Å². The number of carbonyl (C=O) groups excluding carboxylic acids is 1. The topological polar surface area (TPSA) is 74.8 Å². The first-order chi connectivity index (χ1) is 7.79. The molecule has 0 atom stereocenters. The van der Waals surface area contributed by atoms with Gasteiger partial charge in [-0.05, 0) is 19.3 Å². The van der Waals surface area contributed by atoms with Gasteiger partial charge >= 0.3 is 0 Å². The van der Waals surface area contributed by atoms with Crippen molar-refractivity contribution in [3.63, 3.8) is 0 Å². The zero-order valence-corrected chi connectivity index (χ0v) is 11.2. The van der Waals surface area contributed by atoms with Crippen molar-refractivity contribution in [2.24, 2.45) is 5.41 Å². The molecule has 1 aromatic rings. The molecule has 1 N–H and O–H groups in total. The molecular formula is C11H21N5O. The highest BCUT2D eigenvalue weighted by molar-refractivity contribution is 5.77. The number of amides is 1. The maximum Gasteiger partial charge on any atom is 0.223 e. The lowest BCUT2D eigenvalue weighted by Crippen LogP contribution is -2.38. The summed E-state index contributed by atoms with van der Waals surface area (Å²) < 4.78 is 0. The number of rotatable bonds is 4. The van der Waals surface area contributed by atoms with Crippen molar-refractivity contribution in [2.45, 2.75) is 53.6 Å². The molecule has 0 radical (unpaired) electrons. The van der Waals surface area contributed by atoms with E-state index in [-0.39, 0.29) is 17.4 Å². The minimum Gasteiger partial charge on any atom is -0.333 e. The zero-order valence-electron chi connectivity index (χ0n) is 11.2. The SMILES string of the molecule is CC(C)N(Cc1nn[nH]n1)C(=O)CC(C)(C)C. The maximum absolute atomic E-state index is 12.2. The minimum absolute atomic E-state index is 0.0124. The lowest BCUT2D eigenvalue weighted by atomic mass is 9.91. The minimum atomic E-state index is -0.0124. The zero-order chi connectivity index (χ0) is 13.1. The second-order valence-electron chi connectivity index (χ2n) is 5.68. The van der Waals surface area contributed by atoms with Crippen molar-refractivity contribution in [1.82, 2.24) is 25.5 Å². The Morgan fingerprint density at radius 1 is 1.41 bits per heavy atom. The van der Waals surface area contributed by atoms with Gasteiger partial charge in [0.2, 0.25) is 5.91 Å². The molecule has 0 unspecified atom stereocenters. The van der Waals surface area contributed by atoms with Gasteiger partial charge in [0.15, 0.2) is 5.82 Å². The first-order valence-corrected chi connectivity index (χ1v) is 5.81. The molecule has 0 aromatic carbocycles. The number of nitrogens with one attached hydrogen (secondary N) is 1. The fourth-order valence-corrected chi connectivity index (χ4v) is 1.52. The van der Waals surface area contributed by atoms with E-state index in [0.717, 1.165) is 0 Å². The highest BCUT2D eigenvalue weighted by Gasteiger charge is 2.24. The number of tetrazole rings is 1. The molecule has 0 saturated heterocycles.